The average molecular weight is 331 g/mol. The van der Waals surface area contributed by atoms with Crippen LogP contribution < -0.4 is 5.46 Å². The first-order chi connectivity index (χ1) is 10.7. The maximum atomic E-state index is 9.33. The molecule has 1 aliphatic carbocycles. The van der Waals surface area contributed by atoms with E-state index in [0.29, 0.717) is 17.4 Å². The van der Waals surface area contributed by atoms with E-state index in [4.69, 9.17) is 4.98 Å². The highest BCUT2D eigenvalue weighted by molar-refractivity contribution is 7.59. The molecule has 3 aliphatic rings. The molecule has 7 heteroatoms. The topological polar surface area (TPSA) is 61.5 Å². The number of hydrogen-bond donors (Lipinski definition) is 2. The van der Waals surface area contributed by atoms with Gasteiger partial charge in [-0.05, 0) is 36.9 Å². The Kier molecular flexibility index (Phi) is 3.72. The molecular weight excluding hydrogens is 309 g/mol. The number of imidazole rings is 1. The van der Waals surface area contributed by atoms with Crippen molar-refractivity contribution in [2.24, 2.45) is 0 Å². The summed E-state index contributed by atoms with van der Waals surface area (Å²) in [5.74, 6) is 1.73. The second-order valence-corrected chi connectivity index (χ2v) is 7.07. The third-order valence-corrected chi connectivity index (χ3v) is 5.86. The van der Waals surface area contributed by atoms with Gasteiger partial charge in [-0.2, -0.15) is 13.5 Å². The Morgan fingerprint density at radius 2 is 1.96 bits per heavy atom. The fourth-order valence-electron chi connectivity index (χ4n) is 4.51. The van der Waals surface area contributed by atoms with E-state index in [1.165, 1.54) is 31.5 Å². The molecule has 2 unspecified atom stereocenters. The van der Waals surface area contributed by atoms with E-state index in [1.54, 1.807) is 6.07 Å². The maximum absolute atomic E-state index is 9.33. The lowest BCUT2D eigenvalue weighted by Gasteiger charge is -2.38. The van der Waals surface area contributed by atoms with E-state index in [1.807, 2.05) is 12.1 Å². The largest absolute Gasteiger partial charge is 0.488 e. The summed E-state index contributed by atoms with van der Waals surface area (Å²) in [7, 11) is -1.42. The second-order valence-electron chi connectivity index (χ2n) is 7.07. The van der Waals surface area contributed by atoms with Gasteiger partial charge < -0.3 is 14.6 Å². The smallest absolute Gasteiger partial charge is 0.423 e. The molecule has 0 amide bonds. The van der Waals surface area contributed by atoms with Crippen molar-refractivity contribution in [1.82, 2.24) is 14.5 Å². The molecule has 3 heterocycles. The van der Waals surface area contributed by atoms with Gasteiger partial charge in [0.2, 0.25) is 0 Å². The number of likely N-dealkylation sites (tertiary alicyclic amines) is 1. The van der Waals surface area contributed by atoms with Crippen LogP contribution in [0.15, 0.2) is 18.2 Å². The zero-order valence-corrected chi connectivity index (χ0v) is 14.0. The highest BCUT2D eigenvalue weighted by Crippen LogP contribution is 2.42. The molecule has 1 aromatic heterocycles. The average Bonchev–Trinajstić information content (AvgIpc) is 2.98. The van der Waals surface area contributed by atoms with Crippen molar-refractivity contribution < 1.29 is 10.0 Å². The van der Waals surface area contributed by atoms with Gasteiger partial charge in [-0.1, -0.05) is 12.5 Å². The van der Waals surface area contributed by atoms with Crippen LogP contribution >= 0.6 is 13.5 Å². The fraction of sp³-hybridized carbons (Fsp3) is 0.562. The zero-order chi connectivity index (χ0) is 14.8. The van der Waals surface area contributed by atoms with Crippen molar-refractivity contribution in [3.05, 3.63) is 24.0 Å². The van der Waals surface area contributed by atoms with Crippen LogP contribution in [0.2, 0.25) is 0 Å². The zero-order valence-electron chi connectivity index (χ0n) is 13.0. The summed E-state index contributed by atoms with van der Waals surface area (Å²) in [5, 5.41) is 18.7. The van der Waals surface area contributed by atoms with Gasteiger partial charge in [0, 0.05) is 31.1 Å². The first kappa shape index (κ1) is 15.5. The molecule has 2 bridgehead atoms. The Balaban J connectivity index is 0.00000135. The van der Waals surface area contributed by atoms with Gasteiger partial charge in [0.05, 0.1) is 11.0 Å². The van der Waals surface area contributed by atoms with Gasteiger partial charge in [0.15, 0.2) is 0 Å². The molecule has 23 heavy (non-hydrogen) atoms. The summed E-state index contributed by atoms with van der Waals surface area (Å²) in [6, 6.07) is 7.05. The summed E-state index contributed by atoms with van der Waals surface area (Å²) in [6.07, 6.45) is 5.35. The molecule has 2 N–H and O–H groups in total. The van der Waals surface area contributed by atoms with Crippen LogP contribution in [0, 0.1) is 0 Å². The quantitative estimate of drug-likeness (QED) is 0.789. The minimum Gasteiger partial charge on any atom is -0.423 e. The molecule has 0 spiro atoms. The van der Waals surface area contributed by atoms with Crippen LogP contribution in [0.1, 0.15) is 37.4 Å². The highest BCUT2D eigenvalue weighted by atomic mass is 32.1. The molecular formula is C16H22BN3O2S. The van der Waals surface area contributed by atoms with Gasteiger partial charge in [-0.25, -0.2) is 4.98 Å². The highest BCUT2D eigenvalue weighted by Gasteiger charge is 2.44. The summed E-state index contributed by atoms with van der Waals surface area (Å²) < 4.78 is 2.36. The minimum absolute atomic E-state index is 0. The lowest BCUT2D eigenvalue weighted by Crippen LogP contribution is -2.44. The number of nitrogens with zero attached hydrogens (tertiary/aromatic N) is 3. The fourth-order valence-corrected chi connectivity index (χ4v) is 4.51. The van der Waals surface area contributed by atoms with Crippen LogP contribution in [0.3, 0.4) is 0 Å². The van der Waals surface area contributed by atoms with E-state index >= 15 is 0 Å². The molecule has 2 atom stereocenters. The number of fused-ring (bicyclic) bond motifs is 6. The molecule has 1 aromatic carbocycles. The van der Waals surface area contributed by atoms with Gasteiger partial charge >= 0.3 is 7.12 Å². The van der Waals surface area contributed by atoms with Crippen LogP contribution in [0.25, 0.3) is 11.0 Å². The second kappa shape index (κ2) is 5.51. The van der Waals surface area contributed by atoms with Gasteiger partial charge in [0.25, 0.3) is 0 Å². The van der Waals surface area contributed by atoms with Crippen molar-refractivity contribution in [3.8, 4) is 0 Å². The van der Waals surface area contributed by atoms with Crippen molar-refractivity contribution in [2.45, 2.75) is 50.2 Å². The molecule has 2 fully saturated rings. The molecule has 0 radical (unpaired) electrons. The van der Waals surface area contributed by atoms with Crippen molar-refractivity contribution in [2.75, 3.05) is 6.54 Å². The third kappa shape index (κ3) is 2.25. The Bertz CT molecular complexity index is 746. The molecule has 1 saturated heterocycles. The molecule has 122 valence electrons. The summed E-state index contributed by atoms with van der Waals surface area (Å²) >= 11 is 0. The third-order valence-electron chi connectivity index (χ3n) is 5.86. The lowest BCUT2D eigenvalue weighted by molar-refractivity contribution is 0.108. The summed E-state index contributed by atoms with van der Waals surface area (Å²) in [5.41, 5.74) is 2.54. The Labute approximate surface area is 142 Å². The monoisotopic (exact) mass is 331 g/mol. The number of rotatable bonds is 2. The normalized spacial score (nSPS) is 26.7. The Morgan fingerprint density at radius 1 is 1.13 bits per heavy atom. The Hall–Kier alpha value is -1.02. The van der Waals surface area contributed by atoms with Crippen LogP contribution in [0.5, 0.6) is 0 Å². The molecule has 5 rings (SSSR count). The van der Waals surface area contributed by atoms with Crippen LogP contribution in [-0.2, 0) is 6.54 Å². The summed E-state index contributed by atoms with van der Waals surface area (Å²) in [4.78, 5) is 7.55. The van der Waals surface area contributed by atoms with Gasteiger partial charge in [0.1, 0.15) is 5.82 Å². The van der Waals surface area contributed by atoms with Crippen molar-refractivity contribution >= 4 is 37.1 Å². The van der Waals surface area contributed by atoms with E-state index in [-0.39, 0.29) is 13.5 Å². The van der Waals surface area contributed by atoms with E-state index in [9.17, 15) is 10.0 Å². The molecule has 1 saturated carbocycles. The molecule has 2 aromatic rings. The summed E-state index contributed by atoms with van der Waals surface area (Å²) in [6.45, 7) is 2.17. The minimum atomic E-state index is -1.42. The first-order valence-corrected chi connectivity index (χ1v) is 8.32. The van der Waals surface area contributed by atoms with Crippen LogP contribution in [-0.4, -0.2) is 50.2 Å². The van der Waals surface area contributed by atoms with E-state index in [2.05, 4.69) is 9.47 Å². The lowest BCUT2D eigenvalue weighted by atomic mass is 9.80. The SMILES string of the molecule is OB(O)c1ccc2c(c1)nc1n2CC2CC1CN2C1CCC1.S. The van der Waals surface area contributed by atoms with E-state index < -0.39 is 7.12 Å². The predicted octanol–water partition coefficient (Wildman–Crippen LogP) is 0.553. The van der Waals surface area contributed by atoms with E-state index in [0.717, 1.165) is 30.2 Å². The van der Waals surface area contributed by atoms with Gasteiger partial charge in [-0.15, -0.1) is 0 Å². The van der Waals surface area contributed by atoms with Crippen molar-refractivity contribution in [1.29, 1.82) is 0 Å². The Morgan fingerprint density at radius 3 is 2.65 bits per heavy atom. The van der Waals surface area contributed by atoms with Crippen LogP contribution in [0.4, 0.5) is 0 Å². The number of benzene rings is 1. The first-order valence-electron chi connectivity index (χ1n) is 8.32. The number of hydrogen-bond acceptors (Lipinski definition) is 4. The maximum Gasteiger partial charge on any atom is 0.488 e. The van der Waals surface area contributed by atoms with Gasteiger partial charge in [-0.3, -0.25) is 4.90 Å². The van der Waals surface area contributed by atoms with Crippen molar-refractivity contribution in [3.63, 3.8) is 0 Å². The predicted molar refractivity (Wildman–Crippen MR) is 95.4 cm³/mol. The molecule has 2 aliphatic heterocycles. The molecule has 5 nitrogen and oxygen atoms in total. The standard InChI is InChI=1S/C16H20BN3O2.H2S/c21-17(22)11-4-5-15-14(7-11)18-16-10-6-13(9-20(15)16)19(8-10)12-2-1-3-12;/h4-5,7,10,12-13,21-22H,1-3,6,8-9H2;1H2. The number of aromatic nitrogens is 2.